The molecule has 0 bridgehead atoms. The summed E-state index contributed by atoms with van der Waals surface area (Å²) >= 11 is 0. The summed E-state index contributed by atoms with van der Waals surface area (Å²) in [4.78, 5) is 16.5. The van der Waals surface area contributed by atoms with Gasteiger partial charge in [-0.15, -0.1) is 0 Å². The maximum Gasteiger partial charge on any atom is 0.251 e. The molecule has 2 aromatic carbocycles. The van der Waals surface area contributed by atoms with Gasteiger partial charge in [-0.1, -0.05) is 24.3 Å². The second kappa shape index (κ2) is 10.8. The highest BCUT2D eigenvalue weighted by atomic mass is 16.1. The van der Waals surface area contributed by atoms with Gasteiger partial charge in [0.05, 0.1) is 12.2 Å². The zero-order valence-corrected chi connectivity index (χ0v) is 17.4. The van der Waals surface area contributed by atoms with E-state index in [1.807, 2.05) is 60.3 Å². The van der Waals surface area contributed by atoms with Crippen LogP contribution in [-0.2, 0) is 13.0 Å². The summed E-state index contributed by atoms with van der Waals surface area (Å²) in [6.45, 7) is 4.11. The molecular weight excluding hydrogens is 376 g/mol. The molecule has 0 fully saturated rings. The topological polar surface area (TPSA) is 83.3 Å². The summed E-state index contributed by atoms with van der Waals surface area (Å²) in [5.41, 5.74) is 3.90. The van der Waals surface area contributed by atoms with Crippen molar-refractivity contribution in [2.75, 3.05) is 20.1 Å². The standard InChI is InChI=1S/C23H28N6O/c1-3-25-23(26-13-11-18-7-4-9-20(15-18)22(30)24-2)27-17-19-8-5-10-21(16-19)29-14-6-12-28-29/h4-10,12,14-16H,3,11,13,17H2,1-2H3,(H,24,30)(H2,25,26,27). The molecule has 0 aliphatic rings. The molecule has 3 rings (SSSR count). The summed E-state index contributed by atoms with van der Waals surface area (Å²) in [7, 11) is 1.64. The second-order valence-electron chi connectivity index (χ2n) is 6.77. The first kappa shape index (κ1) is 21.1. The second-order valence-corrected chi connectivity index (χ2v) is 6.77. The smallest absolute Gasteiger partial charge is 0.251 e. The Morgan fingerprint density at radius 2 is 1.90 bits per heavy atom. The van der Waals surface area contributed by atoms with Crippen molar-refractivity contribution in [1.82, 2.24) is 25.7 Å². The van der Waals surface area contributed by atoms with Crippen LogP contribution in [0.3, 0.4) is 0 Å². The van der Waals surface area contributed by atoms with Crippen molar-refractivity contribution in [3.63, 3.8) is 0 Å². The molecular formula is C23H28N6O. The zero-order valence-electron chi connectivity index (χ0n) is 17.4. The number of guanidine groups is 1. The summed E-state index contributed by atoms with van der Waals surface area (Å²) in [6.07, 6.45) is 4.49. The number of carbonyl (C=O) groups is 1. The van der Waals surface area contributed by atoms with Crippen LogP contribution in [0.1, 0.15) is 28.4 Å². The molecule has 0 atom stereocenters. The minimum Gasteiger partial charge on any atom is -0.357 e. The van der Waals surface area contributed by atoms with Gasteiger partial charge in [0, 0.05) is 38.1 Å². The monoisotopic (exact) mass is 404 g/mol. The lowest BCUT2D eigenvalue weighted by atomic mass is 10.1. The molecule has 1 heterocycles. The molecule has 7 nitrogen and oxygen atoms in total. The number of hydrogen-bond acceptors (Lipinski definition) is 3. The van der Waals surface area contributed by atoms with E-state index in [4.69, 9.17) is 4.99 Å². The fourth-order valence-electron chi connectivity index (χ4n) is 3.07. The molecule has 0 aliphatic carbocycles. The van der Waals surface area contributed by atoms with Gasteiger partial charge in [-0.25, -0.2) is 9.67 Å². The Morgan fingerprint density at radius 1 is 1.07 bits per heavy atom. The van der Waals surface area contributed by atoms with Gasteiger partial charge < -0.3 is 16.0 Å². The van der Waals surface area contributed by atoms with E-state index in [2.05, 4.69) is 33.2 Å². The Balaban J connectivity index is 1.59. The molecule has 3 N–H and O–H groups in total. The van der Waals surface area contributed by atoms with Crippen LogP contribution < -0.4 is 16.0 Å². The fourth-order valence-corrected chi connectivity index (χ4v) is 3.07. The van der Waals surface area contributed by atoms with Gasteiger partial charge in [0.2, 0.25) is 0 Å². The Hall–Kier alpha value is -3.61. The number of rotatable bonds is 8. The van der Waals surface area contributed by atoms with E-state index in [9.17, 15) is 4.79 Å². The van der Waals surface area contributed by atoms with E-state index in [1.165, 1.54) is 0 Å². The van der Waals surface area contributed by atoms with Crippen LogP contribution in [0, 0.1) is 0 Å². The molecule has 0 aliphatic heterocycles. The van der Waals surface area contributed by atoms with Crippen LogP contribution in [0.25, 0.3) is 5.69 Å². The van der Waals surface area contributed by atoms with Crippen molar-refractivity contribution in [3.05, 3.63) is 83.7 Å². The van der Waals surface area contributed by atoms with Gasteiger partial charge in [0.25, 0.3) is 5.91 Å². The van der Waals surface area contributed by atoms with Crippen LogP contribution >= 0.6 is 0 Å². The first-order valence-electron chi connectivity index (χ1n) is 10.1. The maximum atomic E-state index is 11.8. The highest BCUT2D eigenvalue weighted by molar-refractivity contribution is 5.94. The van der Waals surface area contributed by atoms with Gasteiger partial charge in [-0.3, -0.25) is 4.79 Å². The van der Waals surface area contributed by atoms with Crippen LogP contribution in [0.2, 0.25) is 0 Å². The average Bonchev–Trinajstić information content (AvgIpc) is 3.32. The van der Waals surface area contributed by atoms with Gasteiger partial charge in [-0.05, 0) is 54.8 Å². The largest absolute Gasteiger partial charge is 0.357 e. The number of amides is 1. The Morgan fingerprint density at radius 3 is 2.67 bits per heavy atom. The summed E-state index contributed by atoms with van der Waals surface area (Å²) in [6, 6.07) is 17.8. The predicted molar refractivity (Wildman–Crippen MR) is 120 cm³/mol. The van der Waals surface area contributed by atoms with E-state index in [0.717, 1.165) is 42.3 Å². The van der Waals surface area contributed by atoms with Gasteiger partial charge in [-0.2, -0.15) is 5.10 Å². The van der Waals surface area contributed by atoms with Gasteiger partial charge in [0.1, 0.15) is 0 Å². The molecule has 156 valence electrons. The molecule has 0 unspecified atom stereocenters. The number of hydrogen-bond donors (Lipinski definition) is 3. The maximum absolute atomic E-state index is 11.8. The average molecular weight is 405 g/mol. The third kappa shape index (κ3) is 5.94. The quantitative estimate of drug-likeness (QED) is 0.398. The number of benzene rings is 2. The number of nitrogens with zero attached hydrogens (tertiary/aromatic N) is 3. The molecule has 0 saturated heterocycles. The lowest BCUT2D eigenvalue weighted by Crippen LogP contribution is -2.38. The molecule has 0 spiro atoms. The Kier molecular flexibility index (Phi) is 7.60. The molecule has 1 aromatic heterocycles. The lowest BCUT2D eigenvalue weighted by molar-refractivity contribution is 0.0963. The number of aliphatic imine (C=N–C) groups is 1. The van der Waals surface area contributed by atoms with Gasteiger partial charge >= 0.3 is 0 Å². The first-order valence-corrected chi connectivity index (χ1v) is 10.1. The van der Waals surface area contributed by atoms with Crippen molar-refractivity contribution in [3.8, 4) is 5.69 Å². The van der Waals surface area contributed by atoms with Gasteiger partial charge in [0.15, 0.2) is 5.96 Å². The predicted octanol–water partition coefficient (Wildman–Crippen LogP) is 2.53. The lowest BCUT2D eigenvalue weighted by Gasteiger charge is -2.12. The number of nitrogens with one attached hydrogen (secondary N) is 3. The zero-order chi connectivity index (χ0) is 21.2. The molecule has 0 radical (unpaired) electrons. The number of carbonyl (C=O) groups excluding carboxylic acids is 1. The highest BCUT2D eigenvalue weighted by Gasteiger charge is 2.04. The van der Waals surface area contributed by atoms with Crippen molar-refractivity contribution in [2.45, 2.75) is 19.9 Å². The Bertz CT molecular complexity index is 981. The van der Waals surface area contributed by atoms with Crippen LogP contribution in [0.15, 0.2) is 72.0 Å². The summed E-state index contributed by atoms with van der Waals surface area (Å²) in [5.74, 6) is 0.696. The molecule has 30 heavy (non-hydrogen) atoms. The first-order chi connectivity index (χ1) is 14.7. The fraction of sp³-hybridized carbons (Fsp3) is 0.261. The third-order valence-electron chi connectivity index (χ3n) is 4.57. The van der Waals surface area contributed by atoms with Crippen molar-refractivity contribution in [1.29, 1.82) is 0 Å². The summed E-state index contributed by atoms with van der Waals surface area (Å²) < 4.78 is 1.84. The van der Waals surface area contributed by atoms with Crippen LogP contribution in [0.5, 0.6) is 0 Å². The molecule has 3 aromatic rings. The van der Waals surface area contributed by atoms with Crippen molar-refractivity contribution >= 4 is 11.9 Å². The third-order valence-corrected chi connectivity index (χ3v) is 4.57. The SMILES string of the molecule is CCNC(=NCc1cccc(-n2cccn2)c1)NCCc1cccc(C(=O)NC)c1. The van der Waals surface area contributed by atoms with Crippen LogP contribution in [0.4, 0.5) is 0 Å². The highest BCUT2D eigenvalue weighted by Crippen LogP contribution is 2.10. The van der Waals surface area contributed by atoms with E-state index in [1.54, 1.807) is 13.2 Å². The minimum atomic E-state index is -0.0722. The van der Waals surface area contributed by atoms with Crippen molar-refractivity contribution in [2.24, 2.45) is 4.99 Å². The number of aromatic nitrogens is 2. The normalized spacial score (nSPS) is 11.2. The molecule has 0 saturated carbocycles. The van der Waals surface area contributed by atoms with E-state index >= 15 is 0 Å². The summed E-state index contributed by atoms with van der Waals surface area (Å²) in [5, 5.41) is 13.6. The van der Waals surface area contributed by atoms with E-state index in [0.29, 0.717) is 12.1 Å². The van der Waals surface area contributed by atoms with E-state index < -0.39 is 0 Å². The van der Waals surface area contributed by atoms with Crippen LogP contribution in [-0.4, -0.2) is 41.8 Å². The minimum absolute atomic E-state index is 0.0722. The van der Waals surface area contributed by atoms with Crippen molar-refractivity contribution < 1.29 is 4.79 Å². The van der Waals surface area contributed by atoms with E-state index in [-0.39, 0.29) is 5.91 Å². The molecule has 7 heteroatoms. The molecule has 1 amide bonds. The Labute approximate surface area is 177 Å².